The summed E-state index contributed by atoms with van der Waals surface area (Å²) >= 11 is 0. The van der Waals surface area contributed by atoms with Crippen LogP contribution in [0.4, 0.5) is 36.3 Å². The maximum absolute atomic E-state index is 14.1. The molecule has 1 amide bonds. The molecule has 2 heterocycles. The Kier molecular flexibility index (Phi) is 9.37. The predicted molar refractivity (Wildman–Crippen MR) is 167 cm³/mol. The Morgan fingerprint density at radius 2 is 1.75 bits per heavy atom. The second-order valence-electron chi connectivity index (χ2n) is 11.8. The predicted octanol–water partition coefficient (Wildman–Crippen LogP) is 7.40. The number of aliphatic hydroxyl groups excluding tert-OH is 1. The zero-order valence-electron chi connectivity index (χ0n) is 25.2. The van der Waals surface area contributed by atoms with Crippen molar-refractivity contribution < 1.29 is 27.6 Å². The van der Waals surface area contributed by atoms with E-state index in [9.17, 15) is 27.6 Å². The summed E-state index contributed by atoms with van der Waals surface area (Å²) in [6.07, 6.45) is 1.26. The van der Waals surface area contributed by atoms with Crippen LogP contribution in [-0.4, -0.2) is 51.4 Å². The van der Waals surface area contributed by atoms with Gasteiger partial charge in [-0.2, -0.15) is 18.2 Å². The monoisotopic (exact) mass is 629 g/mol. The van der Waals surface area contributed by atoms with Gasteiger partial charge in [-0.1, -0.05) is 32.0 Å². The standard InChI is InChI=1S/C32H39F3N5O3P/c1-4-15-44(43,16-5-2)23-8-6-7-21(17-23)37-31-36-18-26(32(33,34)35)29(39-31)38-27-14-13-24(20-9-11-22(41)12-10-20)25-19-40(3)30(42)28(25)27/h6-8,13-14,17-18,20,22,41H,4-5,9-12,15-16,19H2,1-3H3,(H2,36,37,38,39)/t20-,22-. The van der Waals surface area contributed by atoms with E-state index < -0.39 is 24.7 Å². The van der Waals surface area contributed by atoms with E-state index in [0.717, 1.165) is 43.0 Å². The Hall–Kier alpha value is -3.43. The second-order valence-corrected chi connectivity index (χ2v) is 15.0. The molecule has 2 aromatic carbocycles. The number of hydrogen-bond donors (Lipinski definition) is 3. The molecule has 236 valence electrons. The molecule has 0 saturated heterocycles. The van der Waals surface area contributed by atoms with Crippen molar-refractivity contribution in [3.05, 3.63) is 64.8 Å². The van der Waals surface area contributed by atoms with Crippen LogP contribution in [0, 0.1) is 0 Å². The Bertz CT molecular complexity index is 1560. The number of nitrogens with one attached hydrogen (secondary N) is 2. The third-order valence-corrected chi connectivity index (χ3v) is 12.1. The molecule has 8 nitrogen and oxygen atoms in total. The average molecular weight is 630 g/mol. The van der Waals surface area contributed by atoms with Crippen LogP contribution >= 0.6 is 7.14 Å². The number of aromatic nitrogens is 2. The lowest BCUT2D eigenvalue weighted by atomic mass is 9.80. The van der Waals surface area contributed by atoms with E-state index in [1.165, 1.54) is 0 Å². The number of nitrogens with zero attached hydrogens (tertiary/aromatic N) is 3. The summed E-state index contributed by atoms with van der Waals surface area (Å²) in [6.45, 7) is 4.34. The molecule has 0 spiro atoms. The fourth-order valence-electron chi connectivity index (χ4n) is 6.38. The molecule has 0 bridgehead atoms. The van der Waals surface area contributed by atoms with Crippen LogP contribution in [0.25, 0.3) is 0 Å². The summed E-state index contributed by atoms with van der Waals surface area (Å²) < 4.78 is 56.0. The zero-order chi connectivity index (χ0) is 31.6. The van der Waals surface area contributed by atoms with E-state index in [4.69, 9.17) is 0 Å². The number of carbonyl (C=O) groups is 1. The van der Waals surface area contributed by atoms with E-state index in [1.54, 1.807) is 36.2 Å². The highest BCUT2D eigenvalue weighted by atomic mass is 31.2. The third kappa shape index (κ3) is 6.64. The maximum atomic E-state index is 14.1. The van der Waals surface area contributed by atoms with Gasteiger partial charge in [0.25, 0.3) is 5.91 Å². The number of amides is 1. The van der Waals surface area contributed by atoms with E-state index >= 15 is 0 Å². The van der Waals surface area contributed by atoms with Crippen LogP contribution in [-0.2, 0) is 17.3 Å². The van der Waals surface area contributed by atoms with Gasteiger partial charge in [0, 0.05) is 43.1 Å². The number of fused-ring (bicyclic) bond motifs is 1. The van der Waals surface area contributed by atoms with Crippen molar-refractivity contribution in [2.45, 2.75) is 77.1 Å². The molecule has 2 aliphatic rings. The average Bonchev–Trinajstić information content (AvgIpc) is 3.28. The number of rotatable bonds is 10. The normalized spacial score (nSPS) is 18.8. The highest BCUT2D eigenvalue weighted by molar-refractivity contribution is 7.71. The summed E-state index contributed by atoms with van der Waals surface area (Å²) in [6, 6.07) is 10.6. The van der Waals surface area contributed by atoms with Gasteiger partial charge in [-0.3, -0.25) is 4.79 Å². The highest BCUT2D eigenvalue weighted by Crippen LogP contribution is 2.46. The first-order valence-corrected chi connectivity index (χ1v) is 17.3. The fraction of sp³-hybridized carbons (Fsp3) is 0.469. The number of anilines is 4. The zero-order valence-corrected chi connectivity index (χ0v) is 26.1. The number of aliphatic hydroxyl groups is 1. The Balaban J connectivity index is 1.49. The van der Waals surface area contributed by atoms with Gasteiger partial charge in [-0.05, 0) is 73.8 Å². The lowest BCUT2D eigenvalue weighted by molar-refractivity contribution is -0.137. The molecule has 44 heavy (non-hydrogen) atoms. The molecule has 0 unspecified atom stereocenters. The van der Waals surface area contributed by atoms with Crippen molar-refractivity contribution in [2.24, 2.45) is 0 Å². The molecule has 3 aromatic rings. The third-order valence-electron chi connectivity index (χ3n) is 8.53. The number of halogens is 3. The van der Waals surface area contributed by atoms with Crippen LogP contribution in [0.5, 0.6) is 0 Å². The van der Waals surface area contributed by atoms with E-state index in [2.05, 4.69) is 20.6 Å². The summed E-state index contributed by atoms with van der Waals surface area (Å²) in [5, 5.41) is 16.5. The molecule has 1 fully saturated rings. The Morgan fingerprint density at radius 1 is 1.05 bits per heavy atom. The SMILES string of the molecule is CCCP(=O)(CCC)c1cccc(Nc2ncc(C(F)(F)F)c(Nc3ccc([C@H]4CC[C@H](O)CC4)c4c3C(=O)N(C)C4)n2)c1. The Morgan fingerprint density at radius 3 is 2.41 bits per heavy atom. The summed E-state index contributed by atoms with van der Waals surface area (Å²) in [4.78, 5) is 22.9. The fourth-order valence-corrected chi connectivity index (χ4v) is 9.30. The quantitative estimate of drug-likeness (QED) is 0.201. The van der Waals surface area contributed by atoms with Crippen LogP contribution in [0.2, 0.25) is 0 Å². The second kappa shape index (κ2) is 12.9. The molecule has 1 aliphatic carbocycles. The van der Waals surface area contributed by atoms with Crippen molar-refractivity contribution >= 4 is 41.5 Å². The molecule has 12 heteroatoms. The number of hydrogen-bond acceptors (Lipinski definition) is 7. The van der Waals surface area contributed by atoms with Crippen LogP contribution in [0.3, 0.4) is 0 Å². The van der Waals surface area contributed by atoms with Crippen molar-refractivity contribution in [1.82, 2.24) is 14.9 Å². The maximum Gasteiger partial charge on any atom is 0.421 e. The van der Waals surface area contributed by atoms with Crippen molar-refractivity contribution in [3.8, 4) is 0 Å². The topological polar surface area (TPSA) is 107 Å². The molecule has 0 radical (unpaired) electrons. The molecular weight excluding hydrogens is 590 g/mol. The van der Waals surface area contributed by atoms with Gasteiger partial charge in [-0.25, -0.2) is 4.98 Å². The first kappa shape index (κ1) is 32.0. The highest BCUT2D eigenvalue weighted by Gasteiger charge is 2.37. The van der Waals surface area contributed by atoms with E-state index in [1.807, 2.05) is 26.0 Å². The largest absolute Gasteiger partial charge is 0.421 e. The molecule has 1 aliphatic heterocycles. The summed E-state index contributed by atoms with van der Waals surface area (Å²) in [7, 11) is -0.947. The summed E-state index contributed by atoms with van der Waals surface area (Å²) in [5.41, 5.74) is 1.83. The van der Waals surface area contributed by atoms with E-state index in [-0.39, 0.29) is 29.6 Å². The van der Waals surface area contributed by atoms with Crippen LogP contribution in [0.1, 0.15) is 85.3 Å². The van der Waals surface area contributed by atoms with Crippen molar-refractivity contribution in [3.63, 3.8) is 0 Å². The molecule has 1 aromatic heterocycles. The van der Waals surface area contributed by atoms with Gasteiger partial charge in [0.05, 0.1) is 17.4 Å². The van der Waals surface area contributed by atoms with Crippen LogP contribution in [0.15, 0.2) is 42.6 Å². The lowest BCUT2D eigenvalue weighted by Gasteiger charge is -2.27. The van der Waals surface area contributed by atoms with Gasteiger partial charge in [-0.15, -0.1) is 0 Å². The minimum Gasteiger partial charge on any atom is -0.393 e. The molecular formula is C32H39F3N5O3P. The van der Waals surface area contributed by atoms with Crippen LogP contribution < -0.4 is 15.9 Å². The first-order valence-electron chi connectivity index (χ1n) is 15.2. The molecule has 3 N–H and O–H groups in total. The number of carbonyl (C=O) groups excluding carboxylic acids is 1. The number of alkyl halides is 3. The first-order chi connectivity index (χ1) is 20.9. The lowest BCUT2D eigenvalue weighted by Crippen LogP contribution is -2.18. The van der Waals surface area contributed by atoms with E-state index in [0.29, 0.717) is 48.3 Å². The minimum atomic E-state index is -4.75. The van der Waals surface area contributed by atoms with Gasteiger partial charge < -0.3 is 25.2 Å². The smallest absolute Gasteiger partial charge is 0.393 e. The summed E-state index contributed by atoms with van der Waals surface area (Å²) in [5.74, 6) is -0.661. The minimum absolute atomic E-state index is 0.0732. The van der Waals surface area contributed by atoms with Crippen molar-refractivity contribution in [1.29, 1.82) is 0 Å². The molecule has 1 saturated carbocycles. The molecule has 5 rings (SSSR count). The molecule has 0 atom stereocenters. The number of benzene rings is 2. The van der Waals surface area contributed by atoms with Gasteiger partial charge >= 0.3 is 6.18 Å². The van der Waals surface area contributed by atoms with Gasteiger partial charge in [0.1, 0.15) is 18.5 Å². The van der Waals surface area contributed by atoms with Gasteiger partial charge in [0.2, 0.25) is 5.95 Å². The Labute approximate surface area is 255 Å². The van der Waals surface area contributed by atoms with Gasteiger partial charge in [0.15, 0.2) is 0 Å². The van der Waals surface area contributed by atoms with Crippen molar-refractivity contribution in [2.75, 3.05) is 30.0 Å².